The van der Waals surface area contributed by atoms with E-state index in [0.717, 1.165) is 22.1 Å². The third kappa shape index (κ3) is 15.2. The second-order valence-electron chi connectivity index (χ2n) is 11.3. The smallest absolute Gasteiger partial charge is 0.105 e. The monoisotopic (exact) mass is 474 g/mol. The molecule has 0 heterocycles. The second kappa shape index (κ2) is 16.4. The van der Waals surface area contributed by atoms with E-state index in [1.165, 1.54) is 76.2 Å². The first kappa shape index (κ1) is 32.9. The van der Waals surface area contributed by atoms with E-state index in [2.05, 4.69) is 68.3 Å². The molecule has 0 radical (unpaired) electrons. The maximum absolute atomic E-state index is 2.42. The van der Waals surface area contributed by atoms with E-state index >= 15 is 0 Å². The Morgan fingerprint density at radius 3 is 1.45 bits per heavy atom. The summed E-state index contributed by atoms with van der Waals surface area (Å²) in [6.07, 6.45) is 15.4. The Morgan fingerprint density at radius 2 is 1.00 bits per heavy atom. The Hall–Kier alpha value is -0.280. The standard InChI is InChI=1S/C27H52N2.2ClH/c1-9-10-11-12-13-14-15-16-17-18-19-25-21-20-24(2)26(22-28(3,4)5)27(25)23-29(6,7)8;;/h20-21H,9-19,22-23H2,1-8H3;2*1H/q+2;;/p-2. The predicted molar refractivity (Wildman–Crippen MR) is 130 cm³/mol. The lowest BCUT2D eigenvalue weighted by molar-refractivity contribution is -0.887. The van der Waals surface area contributed by atoms with Crippen LogP contribution < -0.4 is 24.8 Å². The molecule has 0 spiro atoms. The molecule has 31 heavy (non-hydrogen) atoms. The van der Waals surface area contributed by atoms with Crippen LogP contribution in [0.5, 0.6) is 0 Å². The lowest BCUT2D eigenvalue weighted by Crippen LogP contribution is -3.00. The van der Waals surface area contributed by atoms with Gasteiger partial charge in [-0.3, -0.25) is 0 Å². The maximum atomic E-state index is 2.42. The third-order valence-electron chi connectivity index (χ3n) is 5.83. The molecule has 0 aliphatic rings. The van der Waals surface area contributed by atoms with Crippen molar-refractivity contribution in [3.8, 4) is 0 Å². The van der Waals surface area contributed by atoms with Crippen LogP contribution in [-0.2, 0) is 19.5 Å². The molecule has 1 rings (SSSR count). The molecule has 4 heteroatoms. The van der Waals surface area contributed by atoms with E-state index in [1.807, 2.05) is 0 Å². The summed E-state index contributed by atoms with van der Waals surface area (Å²) >= 11 is 0. The van der Waals surface area contributed by atoms with Crippen molar-refractivity contribution in [3.05, 3.63) is 34.4 Å². The van der Waals surface area contributed by atoms with Gasteiger partial charge in [0.1, 0.15) is 13.1 Å². The molecule has 2 nitrogen and oxygen atoms in total. The van der Waals surface area contributed by atoms with Crippen LogP contribution in [0.15, 0.2) is 12.1 Å². The van der Waals surface area contributed by atoms with E-state index in [0.29, 0.717) is 0 Å². The molecule has 0 amide bonds. The summed E-state index contributed by atoms with van der Waals surface area (Å²) in [5, 5.41) is 0. The lowest BCUT2D eigenvalue weighted by Gasteiger charge is -2.31. The Labute approximate surface area is 207 Å². The van der Waals surface area contributed by atoms with Crippen LogP contribution in [0, 0.1) is 6.92 Å². The fourth-order valence-electron chi connectivity index (χ4n) is 4.26. The van der Waals surface area contributed by atoms with Gasteiger partial charge in [0, 0.05) is 11.1 Å². The fourth-order valence-corrected chi connectivity index (χ4v) is 4.26. The number of hydrogen-bond donors (Lipinski definition) is 0. The van der Waals surface area contributed by atoms with Gasteiger partial charge >= 0.3 is 0 Å². The van der Waals surface area contributed by atoms with E-state index in [-0.39, 0.29) is 24.8 Å². The molecule has 0 aliphatic carbocycles. The van der Waals surface area contributed by atoms with Crippen LogP contribution in [0.3, 0.4) is 0 Å². The summed E-state index contributed by atoms with van der Waals surface area (Å²) in [7, 11) is 13.9. The Kier molecular flexibility index (Phi) is 17.4. The van der Waals surface area contributed by atoms with Crippen LogP contribution in [0.25, 0.3) is 0 Å². The topological polar surface area (TPSA) is 0 Å². The van der Waals surface area contributed by atoms with E-state index in [9.17, 15) is 0 Å². The molecule has 1 aromatic carbocycles. The number of halogens is 2. The predicted octanol–water partition coefficient (Wildman–Crippen LogP) is 0.879. The van der Waals surface area contributed by atoms with Crippen molar-refractivity contribution in [1.29, 1.82) is 0 Å². The highest BCUT2D eigenvalue weighted by Gasteiger charge is 2.22. The second-order valence-corrected chi connectivity index (χ2v) is 11.3. The molecule has 0 bridgehead atoms. The van der Waals surface area contributed by atoms with Crippen molar-refractivity contribution in [1.82, 2.24) is 0 Å². The van der Waals surface area contributed by atoms with E-state index in [1.54, 1.807) is 16.7 Å². The zero-order valence-electron chi connectivity index (χ0n) is 22.0. The lowest BCUT2D eigenvalue weighted by atomic mass is 9.92. The quantitative estimate of drug-likeness (QED) is 0.261. The Bertz CT molecular complexity index is 586. The van der Waals surface area contributed by atoms with Crippen molar-refractivity contribution in [2.45, 2.75) is 97.6 Å². The molecule has 1 aromatic rings. The minimum Gasteiger partial charge on any atom is -1.00 e. The summed E-state index contributed by atoms with van der Waals surface area (Å²) in [6, 6.07) is 4.79. The normalized spacial score (nSPS) is 11.7. The van der Waals surface area contributed by atoms with Gasteiger partial charge in [-0.1, -0.05) is 76.8 Å². The molecular formula is C27H52Cl2N2. The molecule has 0 N–H and O–H groups in total. The van der Waals surface area contributed by atoms with Gasteiger partial charge < -0.3 is 33.8 Å². The van der Waals surface area contributed by atoms with Crippen LogP contribution in [0.2, 0.25) is 0 Å². The summed E-state index contributed by atoms with van der Waals surface area (Å²) in [4.78, 5) is 0. The van der Waals surface area contributed by atoms with Crippen molar-refractivity contribution in [3.63, 3.8) is 0 Å². The SMILES string of the molecule is CCCCCCCCCCCCc1ccc(C)c(C[N+](C)(C)C)c1C[N+](C)(C)C.[Cl-].[Cl-]. The van der Waals surface area contributed by atoms with Gasteiger partial charge in [-0.05, 0) is 30.9 Å². The highest BCUT2D eigenvalue weighted by molar-refractivity contribution is 5.40. The number of quaternary nitrogens is 2. The van der Waals surface area contributed by atoms with Crippen molar-refractivity contribution < 1.29 is 33.8 Å². The summed E-state index contributed by atoms with van der Waals surface area (Å²) < 4.78 is 1.99. The number of nitrogens with zero attached hydrogens (tertiary/aromatic N) is 2. The highest BCUT2D eigenvalue weighted by Crippen LogP contribution is 2.26. The highest BCUT2D eigenvalue weighted by atomic mass is 35.5. The van der Waals surface area contributed by atoms with Gasteiger partial charge in [0.05, 0.1) is 42.3 Å². The van der Waals surface area contributed by atoms with E-state index < -0.39 is 0 Å². The number of unbranched alkanes of at least 4 members (excludes halogenated alkanes) is 9. The zero-order chi connectivity index (χ0) is 21.9. The molecule has 0 aliphatic heterocycles. The molecule has 0 unspecified atom stereocenters. The van der Waals surface area contributed by atoms with Crippen LogP contribution >= 0.6 is 0 Å². The molecule has 0 fully saturated rings. The van der Waals surface area contributed by atoms with Crippen LogP contribution in [-0.4, -0.2) is 51.3 Å². The number of hydrogen-bond acceptors (Lipinski definition) is 0. The van der Waals surface area contributed by atoms with Crippen molar-refractivity contribution >= 4 is 0 Å². The van der Waals surface area contributed by atoms with Gasteiger partial charge in [-0.2, -0.15) is 0 Å². The molecule has 0 saturated heterocycles. The number of benzene rings is 1. The minimum atomic E-state index is 0. The fraction of sp³-hybridized carbons (Fsp3) is 0.778. The molecule has 0 aromatic heterocycles. The number of rotatable bonds is 15. The maximum Gasteiger partial charge on any atom is 0.105 e. The molecule has 184 valence electrons. The van der Waals surface area contributed by atoms with Gasteiger partial charge in [-0.25, -0.2) is 0 Å². The average Bonchev–Trinajstić information content (AvgIpc) is 2.59. The first-order valence-electron chi connectivity index (χ1n) is 12.2. The summed E-state index contributed by atoms with van der Waals surface area (Å²) in [5.74, 6) is 0. The van der Waals surface area contributed by atoms with Crippen LogP contribution in [0.4, 0.5) is 0 Å². The first-order chi connectivity index (χ1) is 13.5. The van der Waals surface area contributed by atoms with E-state index in [4.69, 9.17) is 0 Å². The van der Waals surface area contributed by atoms with Gasteiger partial charge in [0.15, 0.2) is 0 Å². The minimum absolute atomic E-state index is 0. The summed E-state index contributed by atoms with van der Waals surface area (Å²) in [5.41, 5.74) is 6.29. The van der Waals surface area contributed by atoms with Gasteiger partial charge in [0.2, 0.25) is 0 Å². The zero-order valence-corrected chi connectivity index (χ0v) is 23.5. The van der Waals surface area contributed by atoms with Crippen molar-refractivity contribution in [2.75, 3.05) is 42.3 Å². The third-order valence-corrected chi connectivity index (χ3v) is 5.83. The van der Waals surface area contributed by atoms with Crippen LogP contribution in [0.1, 0.15) is 93.4 Å². The molecular weight excluding hydrogens is 423 g/mol. The largest absolute Gasteiger partial charge is 1.00 e. The number of aryl methyl sites for hydroxylation is 2. The first-order valence-corrected chi connectivity index (χ1v) is 12.2. The van der Waals surface area contributed by atoms with Crippen molar-refractivity contribution in [2.24, 2.45) is 0 Å². The van der Waals surface area contributed by atoms with Gasteiger partial charge in [-0.15, -0.1) is 0 Å². The Balaban J connectivity index is 0. The van der Waals surface area contributed by atoms with Gasteiger partial charge in [0.25, 0.3) is 0 Å². The summed E-state index contributed by atoms with van der Waals surface area (Å²) in [6.45, 7) is 6.84. The average molecular weight is 476 g/mol. The Morgan fingerprint density at radius 1 is 0.581 bits per heavy atom. The molecule has 0 saturated carbocycles. The molecule has 0 atom stereocenters.